The summed E-state index contributed by atoms with van der Waals surface area (Å²) in [6.07, 6.45) is 0. The van der Waals surface area contributed by atoms with Gasteiger partial charge in [0.05, 0.1) is 9.95 Å². The molecule has 0 saturated carbocycles. The quantitative estimate of drug-likeness (QED) is 0.467. The molecule has 0 saturated heterocycles. The molecule has 6 heteroatoms. The predicted molar refractivity (Wildman–Crippen MR) is 63.8 cm³/mol. The summed E-state index contributed by atoms with van der Waals surface area (Å²) in [6.45, 7) is 3.53. The van der Waals surface area contributed by atoms with Gasteiger partial charge in [0.2, 0.25) is 0 Å². The molecule has 1 rings (SSSR count). The van der Waals surface area contributed by atoms with E-state index in [4.69, 9.17) is 23.2 Å². The zero-order valence-electron chi connectivity index (χ0n) is 7.57. The highest BCUT2D eigenvalue weighted by Crippen LogP contribution is 2.31. The molecule has 0 fully saturated rings. The van der Waals surface area contributed by atoms with Crippen LogP contribution in [0.4, 0.5) is 5.69 Å². The number of thioether (sulfide) groups is 1. The molecule has 0 spiro atoms. The average Bonchev–Trinajstić information content (AvgIpc) is 2.16. The standard InChI is InChI=1S/C9H7Cl2NO2S/c1-6(10)5-15-9-4-7(12(13)14)2-3-8(9)11/h2-4H,1,5H2. The largest absolute Gasteiger partial charge is 0.270 e. The van der Waals surface area contributed by atoms with Crippen molar-refractivity contribution in [3.8, 4) is 0 Å². The highest BCUT2D eigenvalue weighted by atomic mass is 35.5. The summed E-state index contributed by atoms with van der Waals surface area (Å²) in [5, 5.41) is 11.5. The second-order valence-electron chi connectivity index (χ2n) is 2.68. The van der Waals surface area contributed by atoms with Gasteiger partial charge in [-0.3, -0.25) is 10.1 Å². The van der Waals surface area contributed by atoms with E-state index in [9.17, 15) is 10.1 Å². The molecule has 0 unspecified atom stereocenters. The number of hydrogen-bond donors (Lipinski definition) is 0. The fourth-order valence-corrected chi connectivity index (χ4v) is 2.04. The summed E-state index contributed by atoms with van der Waals surface area (Å²) < 4.78 is 0. The number of nitro benzene ring substituents is 1. The zero-order chi connectivity index (χ0) is 11.4. The normalized spacial score (nSPS) is 10.0. The lowest BCUT2D eigenvalue weighted by atomic mass is 10.3. The Balaban J connectivity index is 2.90. The molecule has 0 aromatic heterocycles. The van der Waals surface area contributed by atoms with Gasteiger partial charge in [0, 0.05) is 27.8 Å². The van der Waals surface area contributed by atoms with Crippen LogP contribution in [0.15, 0.2) is 34.7 Å². The van der Waals surface area contributed by atoms with Crippen LogP contribution in [-0.4, -0.2) is 10.7 Å². The van der Waals surface area contributed by atoms with Crippen molar-refractivity contribution in [3.63, 3.8) is 0 Å². The molecule has 0 aliphatic carbocycles. The fourth-order valence-electron chi connectivity index (χ4n) is 0.872. The van der Waals surface area contributed by atoms with E-state index in [-0.39, 0.29) is 5.69 Å². The number of benzene rings is 1. The lowest BCUT2D eigenvalue weighted by Gasteiger charge is -2.02. The van der Waals surface area contributed by atoms with Gasteiger partial charge < -0.3 is 0 Å². The molecule has 1 aromatic carbocycles. The van der Waals surface area contributed by atoms with Crippen LogP contribution in [0.5, 0.6) is 0 Å². The Labute approximate surface area is 101 Å². The zero-order valence-corrected chi connectivity index (χ0v) is 9.90. The molecular weight excluding hydrogens is 257 g/mol. The van der Waals surface area contributed by atoms with Crippen molar-refractivity contribution in [2.45, 2.75) is 4.90 Å². The van der Waals surface area contributed by atoms with E-state index >= 15 is 0 Å². The van der Waals surface area contributed by atoms with Crippen molar-refractivity contribution in [1.29, 1.82) is 0 Å². The van der Waals surface area contributed by atoms with E-state index in [1.807, 2.05) is 0 Å². The molecule has 0 heterocycles. The third-order valence-corrected chi connectivity index (χ3v) is 3.39. The van der Waals surface area contributed by atoms with Crippen LogP contribution in [0.2, 0.25) is 5.02 Å². The van der Waals surface area contributed by atoms with Crippen LogP contribution in [0, 0.1) is 10.1 Å². The first-order valence-electron chi connectivity index (χ1n) is 3.90. The molecule has 15 heavy (non-hydrogen) atoms. The van der Waals surface area contributed by atoms with Crippen LogP contribution in [0.25, 0.3) is 0 Å². The van der Waals surface area contributed by atoms with Crippen molar-refractivity contribution in [1.82, 2.24) is 0 Å². The third-order valence-electron chi connectivity index (χ3n) is 1.51. The smallest absolute Gasteiger partial charge is 0.258 e. The summed E-state index contributed by atoms with van der Waals surface area (Å²) in [6, 6.07) is 4.29. The predicted octanol–water partition coefficient (Wildman–Crippen LogP) is 4.09. The Hall–Kier alpha value is -0.710. The SMILES string of the molecule is C=C(Cl)CSc1cc([N+](=O)[O-])ccc1Cl. The Bertz CT molecular complexity index is 409. The van der Waals surface area contributed by atoms with E-state index in [1.54, 1.807) is 0 Å². The Morgan fingerprint density at radius 2 is 2.27 bits per heavy atom. The third kappa shape index (κ3) is 3.74. The molecule has 3 nitrogen and oxygen atoms in total. The van der Waals surface area contributed by atoms with Crippen LogP contribution < -0.4 is 0 Å². The lowest BCUT2D eigenvalue weighted by Crippen LogP contribution is -1.88. The van der Waals surface area contributed by atoms with Crippen LogP contribution in [0.1, 0.15) is 0 Å². The minimum Gasteiger partial charge on any atom is -0.258 e. The highest BCUT2D eigenvalue weighted by Gasteiger charge is 2.09. The number of halogens is 2. The monoisotopic (exact) mass is 263 g/mol. The van der Waals surface area contributed by atoms with E-state index in [1.165, 1.54) is 30.0 Å². The van der Waals surface area contributed by atoms with Crippen molar-refractivity contribution in [3.05, 3.63) is 44.9 Å². The molecule has 0 radical (unpaired) electrons. The first kappa shape index (κ1) is 12.4. The number of non-ortho nitro benzene ring substituents is 1. The van der Waals surface area contributed by atoms with Crippen molar-refractivity contribution < 1.29 is 4.92 Å². The van der Waals surface area contributed by atoms with E-state index in [0.717, 1.165) is 0 Å². The van der Waals surface area contributed by atoms with Crippen molar-refractivity contribution in [2.24, 2.45) is 0 Å². The summed E-state index contributed by atoms with van der Waals surface area (Å²) in [7, 11) is 0. The van der Waals surface area contributed by atoms with Gasteiger partial charge in [0.15, 0.2) is 0 Å². The second kappa shape index (κ2) is 5.39. The van der Waals surface area contributed by atoms with Crippen molar-refractivity contribution >= 4 is 40.7 Å². The number of rotatable bonds is 4. The molecular formula is C9H7Cl2NO2S. The molecule has 0 atom stereocenters. The van der Waals surface area contributed by atoms with Crippen molar-refractivity contribution in [2.75, 3.05) is 5.75 Å². The fraction of sp³-hybridized carbons (Fsp3) is 0.111. The number of nitrogens with zero attached hydrogens (tertiary/aromatic N) is 1. The maximum atomic E-state index is 10.5. The Kier molecular flexibility index (Phi) is 4.45. The van der Waals surface area contributed by atoms with Crippen LogP contribution >= 0.6 is 35.0 Å². The van der Waals surface area contributed by atoms with E-state index in [2.05, 4.69) is 6.58 Å². The van der Waals surface area contributed by atoms with Gasteiger partial charge in [0.25, 0.3) is 5.69 Å². The maximum absolute atomic E-state index is 10.5. The summed E-state index contributed by atoms with van der Waals surface area (Å²) in [4.78, 5) is 10.7. The second-order valence-corrected chi connectivity index (χ2v) is 4.64. The molecule has 0 amide bonds. The average molecular weight is 264 g/mol. The molecule has 80 valence electrons. The molecule has 0 aliphatic rings. The minimum atomic E-state index is -0.462. The maximum Gasteiger partial charge on any atom is 0.270 e. The first-order chi connectivity index (χ1) is 7.00. The number of nitro groups is 1. The number of hydrogen-bond acceptors (Lipinski definition) is 3. The molecule has 0 bridgehead atoms. The van der Waals surface area contributed by atoms with Gasteiger partial charge >= 0.3 is 0 Å². The first-order valence-corrected chi connectivity index (χ1v) is 5.65. The Morgan fingerprint density at radius 1 is 1.60 bits per heavy atom. The topological polar surface area (TPSA) is 43.1 Å². The van der Waals surface area contributed by atoms with Gasteiger partial charge in [-0.25, -0.2) is 0 Å². The van der Waals surface area contributed by atoms with Gasteiger partial charge in [-0.1, -0.05) is 29.8 Å². The lowest BCUT2D eigenvalue weighted by molar-refractivity contribution is -0.385. The Morgan fingerprint density at radius 3 is 2.80 bits per heavy atom. The van der Waals surface area contributed by atoms with Crippen LogP contribution in [0.3, 0.4) is 0 Å². The molecule has 0 aliphatic heterocycles. The van der Waals surface area contributed by atoms with Gasteiger partial charge in [-0.2, -0.15) is 0 Å². The summed E-state index contributed by atoms with van der Waals surface area (Å²) in [5.41, 5.74) is 0.0158. The molecule has 0 N–H and O–H groups in total. The van der Waals surface area contributed by atoms with Gasteiger partial charge in [-0.15, -0.1) is 11.8 Å². The highest BCUT2D eigenvalue weighted by molar-refractivity contribution is 7.99. The summed E-state index contributed by atoms with van der Waals surface area (Å²) >= 11 is 12.8. The van der Waals surface area contributed by atoms with Gasteiger partial charge in [0.1, 0.15) is 0 Å². The summed E-state index contributed by atoms with van der Waals surface area (Å²) in [5.74, 6) is 0.475. The van der Waals surface area contributed by atoms with Crippen LogP contribution in [-0.2, 0) is 0 Å². The van der Waals surface area contributed by atoms with E-state index < -0.39 is 4.92 Å². The molecule has 1 aromatic rings. The minimum absolute atomic E-state index is 0.0158. The van der Waals surface area contributed by atoms with E-state index in [0.29, 0.717) is 20.7 Å². The van der Waals surface area contributed by atoms with Gasteiger partial charge in [-0.05, 0) is 6.07 Å².